The third-order valence-electron chi connectivity index (χ3n) is 4.58. The molecular formula is C18H20BrNO2S2. The van der Waals surface area contributed by atoms with Crippen molar-refractivity contribution in [3.63, 3.8) is 0 Å². The Morgan fingerprint density at radius 1 is 1.42 bits per heavy atom. The summed E-state index contributed by atoms with van der Waals surface area (Å²) < 4.78 is 6.79. The molecule has 1 saturated carbocycles. The molecule has 1 heterocycles. The molecule has 1 saturated heterocycles. The van der Waals surface area contributed by atoms with Crippen LogP contribution < -0.4 is 4.74 Å². The normalized spacial score (nSPS) is 20.4. The maximum absolute atomic E-state index is 12.6. The molecule has 0 unspecified atom stereocenters. The highest BCUT2D eigenvalue weighted by Gasteiger charge is 2.32. The lowest BCUT2D eigenvalue weighted by molar-refractivity contribution is -0.122. The summed E-state index contributed by atoms with van der Waals surface area (Å²) in [6.07, 6.45) is 8.21. The van der Waals surface area contributed by atoms with Crippen LogP contribution >= 0.6 is 39.9 Å². The number of halogens is 1. The fraction of sp³-hybridized carbons (Fsp3) is 0.444. The Balaban J connectivity index is 1.69. The van der Waals surface area contributed by atoms with E-state index in [0.29, 0.717) is 9.23 Å². The van der Waals surface area contributed by atoms with Gasteiger partial charge in [-0.2, -0.15) is 0 Å². The number of hydrogen-bond acceptors (Lipinski definition) is 4. The maximum Gasteiger partial charge on any atom is 0.266 e. The number of thiocarbonyl (C=S) groups is 1. The second-order valence-electron chi connectivity index (χ2n) is 6.17. The predicted molar refractivity (Wildman–Crippen MR) is 107 cm³/mol. The molecular weight excluding hydrogens is 406 g/mol. The molecule has 0 aromatic heterocycles. The van der Waals surface area contributed by atoms with Crippen molar-refractivity contribution in [1.82, 2.24) is 4.90 Å². The first-order chi connectivity index (χ1) is 11.6. The van der Waals surface area contributed by atoms with E-state index in [9.17, 15) is 4.79 Å². The van der Waals surface area contributed by atoms with Gasteiger partial charge in [-0.3, -0.25) is 9.69 Å². The van der Waals surface area contributed by atoms with Gasteiger partial charge in [0.1, 0.15) is 10.1 Å². The molecule has 0 spiro atoms. The molecule has 0 atom stereocenters. The van der Waals surface area contributed by atoms with E-state index in [1.165, 1.54) is 37.4 Å². The van der Waals surface area contributed by atoms with Gasteiger partial charge in [-0.25, -0.2) is 0 Å². The Hall–Kier alpha value is -0.850. The summed E-state index contributed by atoms with van der Waals surface area (Å²) >= 11 is 10.3. The van der Waals surface area contributed by atoms with E-state index in [-0.39, 0.29) is 5.91 Å². The van der Waals surface area contributed by atoms with Gasteiger partial charge in [-0.15, -0.1) is 0 Å². The van der Waals surface area contributed by atoms with Gasteiger partial charge in [0.05, 0.1) is 16.5 Å². The van der Waals surface area contributed by atoms with Crippen molar-refractivity contribution in [1.29, 1.82) is 0 Å². The van der Waals surface area contributed by atoms with E-state index in [1.54, 1.807) is 12.0 Å². The molecule has 1 aliphatic heterocycles. The van der Waals surface area contributed by atoms with Crippen LogP contribution in [0.2, 0.25) is 0 Å². The van der Waals surface area contributed by atoms with Gasteiger partial charge < -0.3 is 4.74 Å². The Bertz CT molecular complexity index is 684. The molecule has 1 amide bonds. The highest BCUT2D eigenvalue weighted by atomic mass is 79.9. The molecule has 128 valence electrons. The molecule has 24 heavy (non-hydrogen) atoms. The van der Waals surface area contributed by atoms with Crippen LogP contribution in [0.25, 0.3) is 6.08 Å². The summed E-state index contributed by atoms with van der Waals surface area (Å²) in [6.45, 7) is 0.749. The first-order valence-corrected chi connectivity index (χ1v) is 10.2. The van der Waals surface area contributed by atoms with Crippen LogP contribution in [-0.2, 0) is 4.79 Å². The molecule has 1 aliphatic carbocycles. The number of rotatable bonds is 5. The number of hydrogen-bond donors (Lipinski definition) is 0. The van der Waals surface area contributed by atoms with Crippen LogP contribution in [0.1, 0.15) is 37.7 Å². The summed E-state index contributed by atoms with van der Waals surface area (Å²) in [5.41, 5.74) is 0.957. The number of nitrogens with zero attached hydrogens (tertiary/aromatic N) is 1. The van der Waals surface area contributed by atoms with E-state index in [1.807, 2.05) is 24.3 Å². The predicted octanol–water partition coefficient (Wildman–Crippen LogP) is 5.24. The molecule has 2 fully saturated rings. The number of benzene rings is 1. The zero-order valence-electron chi connectivity index (χ0n) is 13.6. The third kappa shape index (κ3) is 4.03. The van der Waals surface area contributed by atoms with Crippen molar-refractivity contribution in [2.24, 2.45) is 5.92 Å². The minimum atomic E-state index is 0.0370. The van der Waals surface area contributed by atoms with Crippen LogP contribution in [0, 0.1) is 5.92 Å². The lowest BCUT2D eigenvalue weighted by Gasteiger charge is -2.17. The van der Waals surface area contributed by atoms with Crippen molar-refractivity contribution >= 4 is 56.2 Å². The SMILES string of the molecule is COc1ccc(C=C2SC(=S)N(CCC3CCCC3)C2=O)cc1Br. The minimum Gasteiger partial charge on any atom is -0.496 e. The molecule has 1 aromatic rings. The van der Waals surface area contributed by atoms with E-state index in [4.69, 9.17) is 17.0 Å². The summed E-state index contributed by atoms with van der Waals surface area (Å²) in [6, 6.07) is 5.77. The molecule has 0 N–H and O–H groups in total. The van der Waals surface area contributed by atoms with Crippen LogP contribution in [-0.4, -0.2) is 28.8 Å². The van der Waals surface area contributed by atoms with Crippen molar-refractivity contribution < 1.29 is 9.53 Å². The van der Waals surface area contributed by atoms with Gasteiger partial charge >= 0.3 is 0 Å². The molecule has 6 heteroatoms. The van der Waals surface area contributed by atoms with Crippen LogP contribution in [0.15, 0.2) is 27.6 Å². The zero-order chi connectivity index (χ0) is 17.1. The molecule has 0 radical (unpaired) electrons. The van der Waals surface area contributed by atoms with Gasteiger partial charge in [0, 0.05) is 6.54 Å². The highest BCUT2D eigenvalue weighted by Crippen LogP contribution is 2.35. The zero-order valence-corrected chi connectivity index (χ0v) is 16.8. The quantitative estimate of drug-likeness (QED) is 0.476. The summed E-state index contributed by atoms with van der Waals surface area (Å²) in [7, 11) is 1.63. The number of ether oxygens (including phenoxy) is 1. The number of carbonyl (C=O) groups excluding carboxylic acids is 1. The van der Waals surface area contributed by atoms with Gasteiger partial charge in [0.25, 0.3) is 5.91 Å². The van der Waals surface area contributed by atoms with Gasteiger partial charge in [-0.05, 0) is 52.0 Å². The summed E-state index contributed by atoms with van der Waals surface area (Å²) in [5, 5.41) is 0. The Morgan fingerprint density at radius 3 is 2.83 bits per heavy atom. The lowest BCUT2D eigenvalue weighted by Crippen LogP contribution is -2.30. The molecule has 1 aromatic carbocycles. The largest absolute Gasteiger partial charge is 0.496 e. The highest BCUT2D eigenvalue weighted by molar-refractivity contribution is 9.10. The van der Waals surface area contributed by atoms with Gasteiger partial charge in [0.2, 0.25) is 0 Å². The van der Waals surface area contributed by atoms with Crippen molar-refractivity contribution in [3.05, 3.63) is 33.1 Å². The second-order valence-corrected chi connectivity index (χ2v) is 8.70. The minimum absolute atomic E-state index is 0.0370. The summed E-state index contributed by atoms with van der Waals surface area (Å²) in [5.74, 6) is 1.57. The van der Waals surface area contributed by atoms with Crippen LogP contribution in [0.3, 0.4) is 0 Å². The topological polar surface area (TPSA) is 29.5 Å². The van der Waals surface area contributed by atoms with Crippen molar-refractivity contribution in [3.8, 4) is 5.75 Å². The Labute approximate surface area is 160 Å². The molecule has 3 rings (SSSR count). The van der Waals surface area contributed by atoms with E-state index in [0.717, 1.165) is 34.7 Å². The maximum atomic E-state index is 12.6. The first kappa shape index (κ1) is 18.0. The van der Waals surface area contributed by atoms with E-state index in [2.05, 4.69) is 15.9 Å². The standard InChI is InChI=1S/C18H20BrNO2S2/c1-22-15-7-6-13(10-14(15)19)11-16-17(21)20(18(23)24-16)9-8-12-4-2-3-5-12/h6-7,10-12H,2-5,8-9H2,1H3. The average Bonchev–Trinajstić information content (AvgIpc) is 3.15. The number of methoxy groups -OCH3 is 1. The Kier molecular flexibility index (Phi) is 6.00. The monoisotopic (exact) mass is 425 g/mol. The van der Waals surface area contributed by atoms with Crippen LogP contribution in [0.5, 0.6) is 5.75 Å². The number of amides is 1. The number of thioether (sulfide) groups is 1. The van der Waals surface area contributed by atoms with Gasteiger partial charge in [-0.1, -0.05) is 55.7 Å². The number of carbonyl (C=O) groups is 1. The van der Waals surface area contributed by atoms with Crippen LogP contribution in [0.4, 0.5) is 0 Å². The summed E-state index contributed by atoms with van der Waals surface area (Å²) in [4.78, 5) is 15.1. The van der Waals surface area contributed by atoms with E-state index < -0.39 is 0 Å². The molecule has 3 nitrogen and oxygen atoms in total. The second kappa shape index (κ2) is 8.02. The lowest BCUT2D eigenvalue weighted by atomic mass is 10.0. The molecule has 0 bridgehead atoms. The van der Waals surface area contributed by atoms with Crippen molar-refractivity contribution in [2.45, 2.75) is 32.1 Å². The van der Waals surface area contributed by atoms with E-state index >= 15 is 0 Å². The molecule has 2 aliphatic rings. The fourth-order valence-corrected chi connectivity index (χ4v) is 5.09. The van der Waals surface area contributed by atoms with Crippen molar-refractivity contribution in [2.75, 3.05) is 13.7 Å². The smallest absolute Gasteiger partial charge is 0.266 e. The fourth-order valence-electron chi connectivity index (χ4n) is 3.23. The van der Waals surface area contributed by atoms with Gasteiger partial charge in [0.15, 0.2) is 0 Å². The Morgan fingerprint density at radius 2 is 2.17 bits per heavy atom. The average molecular weight is 426 g/mol. The first-order valence-electron chi connectivity index (χ1n) is 8.17. The third-order valence-corrected chi connectivity index (χ3v) is 6.58.